The van der Waals surface area contributed by atoms with Crippen molar-refractivity contribution in [3.8, 4) is 6.07 Å². The largest absolute Gasteiger partial charge is 0.481 e. The van der Waals surface area contributed by atoms with Gasteiger partial charge in [-0.2, -0.15) is 5.26 Å². The Balaban J connectivity index is 2.08. The van der Waals surface area contributed by atoms with Crippen molar-refractivity contribution in [3.63, 3.8) is 0 Å². The normalized spacial score (nSPS) is 19.1. The highest BCUT2D eigenvalue weighted by Gasteiger charge is 2.23. The molecular formula is C16H19FN2O2. The third-order valence-corrected chi connectivity index (χ3v) is 4.01. The highest BCUT2D eigenvalue weighted by atomic mass is 19.1. The lowest BCUT2D eigenvalue weighted by molar-refractivity contribution is -0.137. The van der Waals surface area contributed by atoms with Crippen molar-refractivity contribution in [2.75, 3.05) is 6.54 Å². The van der Waals surface area contributed by atoms with Crippen molar-refractivity contribution >= 4 is 5.97 Å². The number of nitrogens with zero attached hydrogens (tertiary/aromatic N) is 2. The standard InChI is InChI=1S/C16H19FN2O2/c17-14-5-4-12(13(9-14)10-18)11-19-8-2-1-3-15(19)6-7-16(20)21/h4-5,9,15H,1-3,6-8,11H2,(H,20,21). The molecule has 2 rings (SSSR count). The number of hydrogen-bond acceptors (Lipinski definition) is 3. The highest BCUT2D eigenvalue weighted by Crippen LogP contribution is 2.24. The maximum Gasteiger partial charge on any atom is 0.303 e. The van der Waals surface area contributed by atoms with Gasteiger partial charge in [-0.1, -0.05) is 12.5 Å². The van der Waals surface area contributed by atoms with Crippen molar-refractivity contribution < 1.29 is 14.3 Å². The average Bonchev–Trinajstić information content (AvgIpc) is 2.48. The van der Waals surface area contributed by atoms with Crippen LogP contribution < -0.4 is 0 Å². The molecular weight excluding hydrogens is 271 g/mol. The molecule has 1 aliphatic heterocycles. The summed E-state index contributed by atoms with van der Waals surface area (Å²) < 4.78 is 13.2. The maximum atomic E-state index is 13.2. The second kappa shape index (κ2) is 7.19. The van der Waals surface area contributed by atoms with Crippen LogP contribution >= 0.6 is 0 Å². The third kappa shape index (κ3) is 4.27. The van der Waals surface area contributed by atoms with Gasteiger partial charge in [0.05, 0.1) is 11.6 Å². The third-order valence-electron chi connectivity index (χ3n) is 4.01. The minimum atomic E-state index is -0.778. The van der Waals surface area contributed by atoms with E-state index in [4.69, 9.17) is 10.4 Å². The summed E-state index contributed by atoms with van der Waals surface area (Å²) >= 11 is 0. The Bertz CT molecular complexity index is 554. The maximum absolute atomic E-state index is 13.2. The van der Waals surface area contributed by atoms with E-state index >= 15 is 0 Å². The highest BCUT2D eigenvalue weighted by molar-refractivity contribution is 5.66. The number of halogens is 1. The van der Waals surface area contributed by atoms with Crippen LogP contribution in [0.1, 0.15) is 43.2 Å². The molecule has 0 radical (unpaired) electrons. The van der Waals surface area contributed by atoms with Gasteiger partial charge in [0.25, 0.3) is 0 Å². The number of likely N-dealkylation sites (tertiary alicyclic amines) is 1. The first-order valence-corrected chi connectivity index (χ1v) is 7.24. The van der Waals surface area contributed by atoms with E-state index in [1.165, 1.54) is 12.1 Å². The lowest BCUT2D eigenvalue weighted by Gasteiger charge is -2.35. The summed E-state index contributed by atoms with van der Waals surface area (Å²) in [6.45, 7) is 1.47. The Labute approximate surface area is 123 Å². The Morgan fingerprint density at radius 1 is 1.48 bits per heavy atom. The molecule has 1 aliphatic rings. The zero-order valence-corrected chi connectivity index (χ0v) is 11.9. The fourth-order valence-electron chi connectivity index (χ4n) is 2.89. The molecule has 0 amide bonds. The van der Waals surface area contributed by atoms with E-state index in [0.717, 1.165) is 31.4 Å². The summed E-state index contributed by atoms with van der Waals surface area (Å²) in [4.78, 5) is 13.0. The average molecular weight is 290 g/mol. The Hall–Kier alpha value is -1.93. The molecule has 21 heavy (non-hydrogen) atoms. The Kier molecular flexibility index (Phi) is 5.29. The topological polar surface area (TPSA) is 64.3 Å². The smallest absolute Gasteiger partial charge is 0.303 e. The zero-order valence-electron chi connectivity index (χ0n) is 11.9. The monoisotopic (exact) mass is 290 g/mol. The van der Waals surface area contributed by atoms with Crippen LogP contribution in [0.4, 0.5) is 4.39 Å². The van der Waals surface area contributed by atoms with E-state index < -0.39 is 11.8 Å². The molecule has 1 aromatic carbocycles. The predicted octanol–water partition coefficient (Wildman–Crippen LogP) is 2.92. The van der Waals surface area contributed by atoms with Gasteiger partial charge in [0.2, 0.25) is 0 Å². The van der Waals surface area contributed by atoms with Gasteiger partial charge in [0.15, 0.2) is 0 Å². The lowest BCUT2D eigenvalue weighted by Crippen LogP contribution is -2.39. The molecule has 5 heteroatoms. The quantitative estimate of drug-likeness (QED) is 0.905. The van der Waals surface area contributed by atoms with Crippen LogP contribution in [0, 0.1) is 17.1 Å². The molecule has 1 atom stereocenters. The van der Waals surface area contributed by atoms with E-state index in [0.29, 0.717) is 18.5 Å². The van der Waals surface area contributed by atoms with E-state index in [1.54, 1.807) is 6.07 Å². The molecule has 0 spiro atoms. The second-order valence-electron chi connectivity index (χ2n) is 5.47. The molecule has 1 unspecified atom stereocenters. The van der Waals surface area contributed by atoms with Crippen LogP contribution in [0.5, 0.6) is 0 Å². The SMILES string of the molecule is N#Cc1cc(F)ccc1CN1CCCCC1CCC(=O)O. The molecule has 4 nitrogen and oxygen atoms in total. The molecule has 1 saturated heterocycles. The fourth-order valence-corrected chi connectivity index (χ4v) is 2.89. The molecule has 1 heterocycles. The van der Waals surface area contributed by atoms with E-state index in [-0.39, 0.29) is 12.5 Å². The molecule has 1 aromatic rings. The van der Waals surface area contributed by atoms with Crippen molar-refractivity contribution in [1.29, 1.82) is 5.26 Å². The number of nitriles is 1. The van der Waals surface area contributed by atoms with Crippen LogP contribution in [0.3, 0.4) is 0 Å². The number of carboxylic acid groups (broad SMARTS) is 1. The Morgan fingerprint density at radius 2 is 2.29 bits per heavy atom. The number of piperidine rings is 1. The van der Waals surface area contributed by atoms with Crippen LogP contribution in [0.2, 0.25) is 0 Å². The van der Waals surface area contributed by atoms with Gasteiger partial charge in [-0.3, -0.25) is 9.69 Å². The molecule has 0 bridgehead atoms. The summed E-state index contributed by atoms with van der Waals surface area (Å²) in [6.07, 6.45) is 3.95. The number of benzene rings is 1. The van der Waals surface area contributed by atoms with Crippen molar-refractivity contribution in [2.24, 2.45) is 0 Å². The summed E-state index contributed by atoms with van der Waals surface area (Å²) in [5.74, 6) is -1.18. The van der Waals surface area contributed by atoms with Crippen LogP contribution in [0.15, 0.2) is 18.2 Å². The minimum Gasteiger partial charge on any atom is -0.481 e. The van der Waals surface area contributed by atoms with Gasteiger partial charge < -0.3 is 5.11 Å². The first kappa shape index (κ1) is 15.5. The number of hydrogen-bond donors (Lipinski definition) is 1. The van der Waals surface area contributed by atoms with Crippen LogP contribution in [-0.4, -0.2) is 28.6 Å². The second-order valence-corrected chi connectivity index (χ2v) is 5.47. The van der Waals surface area contributed by atoms with Gasteiger partial charge in [0.1, 0.15) is 5.82 Å². The zero-order chi connectivity index (χ0) is 15.2. The van der Waals surface area contributed by atoms with Gasteiger partial charge in [-0.05, 0) is 43.5 Å². The lowest BCUT2D eigenvalue weighted by atomic mass is 9.96. The van der Waals surface area contributed by atoms with Gasteiger partial charge in [-0.15, -0.1) is 0 Å². The molecule has 0 saturated carbocycles. The summed E-state index contributed by atoms with van der Waals surface area (Å²) in [6, 6.07) is 6.53. The fraction of sp³-hybridized carbons (Fsp3) is 0.500. The van der Waals surface area contributed by atoms with Gasteiger partial charge in [-0.25, -0.2) is 4.39 Å². The summed E-state index contributed by atoms with van der Waals surface area (Å²) in [5.41, 5.74) is 1.17. The van der Waals surface area contributed by atoms with E-state index in [1.807, 2.05) is 6.07 Å². The molecule has 0 aromatic heterocycles. The first-order valence-electron chi connectivity index (χ1n) is 7.24. The molecule has 112 valence electrons. The number of aliphatic carboxylic acids is 1. The van der Waals surface area contributed by atoms with E-state index in [9.17, 15) is 9.18 Å². The predicted molar refractivity (Wildman–Crippen MR) is 76.0 cm³/mol. The molecule has 1 N–H and O–H groups in total. The minimum absolute atomic E-state index is 0.162. The van der Waals surface area contributed by atoms with Crippen molar-refractivity contribution in [3.05, 3.63) is 35.1 Å². The van der Waals surface area contributed by atoms with Crippen molar-refractivity contribution in [1.82, 2.24) is 4.90 Å². The van der Waals surface area contributed by atoms with Gasteiger partial charge in [0, 0.05) is 19.0 Å². The van der Waals surface area contributed by atoms with Crippen molar-refractivity contribution in [2.45, 2.75) is 44.7 Å². The molecule has 0 aliphatic carbocycles. The summed E-state index contributed by atoms with van der Waals surface area (Å²) in [7, 11) is 0. The molecule has 1 fully saturated rings. The summed E-state index contributed by atoms with van der Waals surface area (Å²) in [5, 5.41) is 17.9. The number of carbonyl (C=O) groups is 1. The Morgan fingerprint density at radius 3 is 3.00 bits per heavy atom. The van der Waals surface area contributed by atoms with Crippen LogP contribution in [0.25, 0.3) is 0 Å². The van der Waals surface area contributed by atoms with Crippen LogP contribution in [-0.2, 0) is 11.3 Å². The number of rotatable bonds is 5. The first-order chi connectivity index (χ1) is 10.1. The van der Waals surface area contributed by atoms with Gasteiger partial charge >= 0.3 is 5.97 Å². The number of carboxylic acids is 1. The van der Waals surface area contributed by atoms with E-state index in [2.05, 4.69) is 4.90 Å².